The molecular weight excluding hydrogens is 370 g/mol. The predicted octanol–water partition coefficient (Wildman–Crippen LogP) is 3.63. The molecule has 9 nitrogen and oxygen atoms in total. The second-order valence-electron chi connectivity index (χ2n) is 6.00. The number of azo groups is 1. The van der Waals surface area contributed by atoms with Crippen LogP contribution in [-0.2, 0) is 16.6 Å². The molecule has 140 valence electrons. The maximum absolute atomic E-state index is 11.3. The summed E-state index contributed by atoms with van der Waals surface area (Å²) in [4.78, 5) is 13.6. The monoisotopic (exact) mass is 387 g/mol. The van der Waals surface area contributed by atoms with Crippen LogP contribution in [0.5, 0.6) is 5.88 Å². The van der Waals surface area contributed by atoms with E-state index < -0.39 is 16.1 Å². The zero-order valence-corrected chi connectivity index (χ0v) is 15.1. The van der Waals surface area contributed by atoms with E-state index in [1.807, 2.05) is 0 Å². The summed E-state index contributed by atoms with van der Waals surface area (Å²) in [6.45, 7) is 1.86. The molecule has 2 aromatic carbocycles. The molecule has 27 heavy (non-hydrogen) atoms. The summed E-state index contributed by atoms with van der Waals surface area (Å²) in [5.41, 5.74) is 2.34. The smallest absolute Gasteiger partial charge is 0.238 e. The van der Waals surface area contributed by atoms with E-state index in [0.717, 1.165) is 5.56 Å². The molecule has 10 heteroatoms. The number of nitroso groups, excluding NO2 is 1. The van der Waals surface area contributed by atoms with Gasteiger partial charge >= 0.3 is 0 Å². The van der Waals surface area contributed by atoms with Crippen LogP contribution in [0.15, 0.2) is 62.8 Å². The van der Waals surface area contributed by atoms with Gasteiger partial charge in [-0.3, -0.25) is 0 Å². The maximum Gasteiger partial charge on any atom is 0.238 e. The molecule has 0 aliphatic heterocycles. The van der Waals surface area contributed by atoms with Gasteiger partial charge in [-0.2, -0.15) is 10.0 Å². The first-order chi connectivity index (χ1) is 12.8. The van der Waals surface area contributed by atoms with Crippen LogP contribution >= 0.6 is 0 Å². The van der Waals surface area contributed by atoms with Crippen molar-refractivity contribution in [1.29, 1.82) is 0 Å². The molecule has 1 heterocycles. The van der Waals surface area contributed by atoms with E-state index in [9.17, 15) is 18.4 Å². The number of nitrogens with two attached hydrogens (primary N) is 1. The maximum atomic E-state index is 11.3. The van der Waals surface area contributed by atoms with E-state index in [-0.39, 0.29) is 23.0 Å². The van der Waals surface area contributed by atoms with Crippen molar-refractivity contribution >= 4 is 26.6 Å². The quantitative estimate of drug-likeness (QED) is 0.437. The Morgan fingerprint density at radius 1 is 1.19 bits per heavy atom. The lowest BCUT2D eigenvalue weighted by atomic mass is 10.1. The summed E-state index contributed by atoms with van der Waals surface area (Å²) in [7, 11) is -3.74. The number of fused-ring (bicyclic) bond motifs is 1. The van der Waals surface area contributed by atoms with E-state index in [4.69, 9.17) is 5.14 Å². The van der Waals surface area contributed by atoms with E-state index >= 15 is 0 Å². The Hall–Kier alpha value is -3.11. The van der Waals surface area contributed by atoms with E-state index in [0.29, 0.717) is 16.5 Å². The van der Waals surface area contributed by atoms with Crippen LogP contribution in [0, 0.1) is 4.91 Å². The molecule has 0 fully saturated rings. The van der Waals surface area contributed by atoms with Crippen molar-refractivity contribution < 1.29 is 13.5 Å². The minimum atomic E-state index is -3.74. The lowest BCUT2D eigenvalue weighted by Crippen LogP contribution is -2.11. The summed E-state index contributed by atoms with van der Waals surface area (Å²) < 4.78 is 22.5. The van der Waals surface area contributed by atoms with Gasteiger partial charge in [0.05, 0.1) is 17.0 Å². The summed E-state index contributed by atoms with van der Waals surface area (Å²) in [6.07, 6.45) is 0. The zero-order chi connectivity index (χ0) is 19.6. The molecule has 0 aliphatic carbocycles. The Kier molecular flexibility index (Phi) is 5.02. The number of nitrogens with zero attached hydrogens (tertiary/aromatic N) is 3. The van der Waals surface area contributed by atoms with Gasteiger partial charge in [0.2, 0.25) is 15.9 Å². The van der Waals surface area contributed by atoms with Gasteiger partial charge in [-0.25, -0.2) is 13.6 Å². The Bertz CT molecular complexity index is 1120. The van der Waals surface area contributed by atoms with Crippen molar-refractivity contribution in [2.24, 2.45) is 20.5 Å². The lowest BCUT2D eigenvalue weighted by molar-refractivity contribution is 0.459. The number of hydrogen-bond donors (Lipinski definition) is 3. The van der Waals surface area contributed by atoms with Crippen molar-refractivity contribution in [3.05, 3.63) is 58.5 Å². The van der Waals surface area contributed by atoms with Crippen LogP contribution in [0.2, 0.25) is 0 Å². The first kappa shape index (κ1) is 18.7. The SMILES string of the molecule is CC(N=O)c1ccc2[nH]c(O)c(N=NCc3ccc(S(N)(=O)=O)cc3)c2c1. The molecule has 4 N–H and O–H groups in total. The molecule has 0 radical (unpaired) electrons. The highest BCUT2D eigenvalue weighted by molar-refractivity contribution is 7.89. The van der Waals surface area contributed by atoms with Gasteiger partial charge in [0, 0.05) is 5.39 Å². The summed E-state index contributed by atoms with van der Waals surface area (Å²) in [5, 5.41) is 26.9. The molecule has 0 aliphatic rings. The Balaban J connectivity index is 1.85. The van der Waals surface area contributed by atoms with Crippen LogP contribution in [-0.4, -0.2) is 18.5 Å². The third-order valence-electron chi connectivity index (χ3n) is 4.09. The van der Waals surface area contributed by atoms with Crippen LogP contribution in [0.3, 0.4) is 0 Å². The van der Waals surface area contributed by atoms with E-state index in [1.54, 1.807) is 37.3 Å². The van der Waals surface area contributed by atoms with E-state index in [2.05, 4.69) is 20.4 Å². The normalized spacial score (nSPS) is 13.3. The van der Waals surface area contributed by atoms with Gasteiger partial charge < -0.3 is 10.1 Å². The third kappa shape index (κ3) is 4.01. The predicted molar refractivity (Wildman–Crippen MR) is 100 cm³/mol. The standard InChI is InChI=1S/C17H17N5O4S/c1-10(22-24)12-4-7-15-14(8-12)16(17(23)20-15)21-19-9-11-2-5-13(6-3-11)27(18,25)26/h2-8,10,20,23H,9H2,1H3,(H2,18,25,26). The van der Waals surface area contributed by atoms with Crippen LogP contribution in [0.4, 0.5) is 5.69 Å². The van der Waals surface area contributed by atoms with Gasteiger partial charge in [-0.1, -0.05) is 23.4 Å². The van der Waals surface area contributed by atoms with Gasteiger partial charge in [-0.15, -0.1) is 5.11 Å². The number of aromatic nitrogens is 1. The van der Waals surface area contributed by atoms with Gasteiger partial charge in [-0.05, 0) is 42.3 Å². The fourth-order valence-corrected chi connectivity index (χ4v) is 3.09. The molecule has 0 saturated heterocycles. The van der Waals surface area contributed by atoms with Crippen molar-refractivity contribution in [2.75, 3.05) is 0 Å². The molecule has 1 unspecified atom stereocenters. The second-order valence-corrected chi connectivity index (χ2v) is 7.56. The highest BCUT2D eigenvalue weighted by Gasteiger charge is 2.13. The first-order valence-corrected chi connectivity index (χ1v) is 9.50. The van der Waals surface area contributed by atoms with Crippen LogP contribution in [0.1, 0.15) is 24.1 Å². The average Bonchev–Trinajstić information content (AvgIpc) is 2.95. The van der Waals surface area contributed by atoms with Crippen molar-refractivity contribution in [3.8, 4) is 5.88 Å². The van der Waals surface area contributed by atoms with Crippen molar-refractivity contribution in [2.45, 2.75) is 24.4 Å². The minimum Gasteiger partial charge on any atom is -0.493 e. The number of hydrogen-bond acceptors (Lipinski definition) is 7. The molecule has 0 saturated carbocycles. The number of benzene rings is 2. The highest BCUT2D eigenvalue weighted by atomic mass is 32.2. The summed E-state index contributed by atoms with van der Waals surface area (Å²) >= 11 is 0. The second kappa shape index (κ2) is 7.25. The summed E-state index contributed by atoms with van der Waals surface area (Å²) in [6, 6.07) is 10.6. The topological polar surface area (TPSA) is 150 Å². The number of aromatic amines is 1. The van der Waals surface area contributed by atoms with Gasteiger partial charge in [0.15, 0.2) is 5.69 Å². The molecule has 0 amide bonds. The fourth-order valence-electron chi connectivity index (χ4n) is 2.58. The average molecular weight is 387 g/mol. The molecule has 1 aromatic heterocycles. The molecule has 1 atom stereocenters. The molecule has 0 spiro atoms. The summed E-state index contributed by atoms with van der Waals surface area (Å²) in [5.74, 6) is -0.137. The van der Waals surface area contributed by atoms with Crippen molar-refractivity contribution in [3.63, 3.8) is 0 Å². The van der Waals surface area contributed by atoms with Crippen LogP contribution < -0.4 is 5.14 Å². The first-order valence-electron chi connectivity index (χ1n) is 7.96. The Labute approximate surface area is 155 Å². The van der Waals surface area contributed by atoms with Crippen LogP contribution in [0.25, 0.3) is 10.9 Å². The molecule has 3 aromatic rings. The zero-order valence-electron chi connectivity index (χ0n) is 14.3. The lowest BCUT2D eigenvalue weighted by Gasteiger charge is -2.02. The van der Waals surface area contributed by atoms with E-state index in [1.165, 1.54) is 12.1 Å². The molecular formula is C17H17N5O4S. The molecule has 3 rings (SSSR count). The fraction of sp³-hybridized carbons (Fsp3) is 0.176. The largest absolute Gasteiger partial charge is 0.493 e. The highest BCUT2D eigenvalue weighted by Crippen LogP contribution is 2.37. The Morgan fingerprint density at radius 2 is 1.89 bits per heavy atom. The number of nitrogens with one attached hydrogen (secondary N) is 1. The van der Waals surface area contributed by atoms with Gasteiger partial charge in [0.1, 0.15) is 6.04 Å². The number of rotatable bonds is 6. The number of H-pyrrole nitrogens is 1. The minimum absolute atomic E-state index is 0.0166. The Morgan fingerprint density at radius 3 is 2.52 bits per heavy atom. The third-order valence-corrected chi connectivity index (χ3v) is 5.02. The number of primary sulfonamides is 1. The number of sulfonamides is 1. The van der Waals surface area contributed by atoms with Crippen molar-refractivity contribution in [1.82, 2.24) is 4.98 Å². The number of aromatic hydroxyl groups is 1. The molecule has 0 bridgehead atoms. The van der Waals surface area contributed by atoms with Gasteiger partial charge in [0.25, 0.3) is 0 Å².